The molecule has 6 nitrogen and oxygen atoms in total. The first-order valence-electron chi connectivity index (χ1n) is 6.21. The molecule has 0 aromatic heterocycles. The lowest BCUT2D eigenvalue weighted by Gasteiger charge is -2.51. The lowest BCUT2D eigenvalue weighted by molar-refractivity contribution is -0.167. The number of aliphatic carboxylic acids is 1. The Balaban J connectivity index is 2.02. The number of amides is 1. The average Bonchev–Trinajstić information content (AvgIpc) is 2.52. The van der Waals surface area contributed by atoms with Gasteiger partial charge >= 0.3 is 12.1 Å². The van der Waals surface area contributed by atoms with Gasteiger partial charge in [-0.1, -0.05) is 0 Å². The minimum absolute atomic E-state index is 0.0672. The van der Waals surface area contributed by atoms with Crippen LogP contribution in [0.1, 0.15) is 20.8 Å². The molecule has 2 heterocycles. The highest BCUT2D eigenvalue weighted by molar-refractivity contribution is 5.81. The fourth-order valence-electron chi connectivity index (χ4n) is 2.61. The van der Waals surface area contributed by atoms with Gasteiger partial charge in [-0.05, 0) is 20.8 Å². The second-order valence-corrected chi connectivity index (χ2v) is 6.33. The molecule has 2 aliphatic heterocycles. The van der Waals surface area contributed by atoms with Gasteiger partial charge in [0.1, 0.15) is 5.60 Å². The molecule has 1 atom stereocenters. The Hall–Kier alpha value is -1.37. The normalized spacial score (nSPS) is 29.2. The van der Waals surface area contributed by atoms with Crippen LogP contribution in [0, 0.1) is 5.41 Å². The number of rotatable bonds is 1. The van der Waals surface area contributed by atoms with Crippen molar-refractivity contribution in [2.45, 2.75) is 32.0 Å². The molecule has 1 spiro atoms. The van der Waals surface area contributed by atoms with Gasteiger partial charge in [0, 0.05) is 26.2 Å². The second kappa shape index (κ2) is 4.06. The van der Waals surface area contributed by atoms with Crippen LogP contribution in [0.2, 0.25) is 0 Å². The van der Waals surface area contributed by atoms with Gasteiger partial charge in [-0.2, -0.15) is 0 Å². The van der Waals surface area contributed by atoms with E-state index in [4.69, 9.17) is 9.84 Å². The second-order valence-electron chi connectivity index (χ2n) is 6.33. The zero-order valence-corrected chi connectivity index (χ0v) is 11.3. The van der Waals surface area contributed by atoms with E-state index in [0.717, 1.165) is 0 Å². The van der Waals surface area contributed by atoms with Gasteiger partial charge in [-0.3, -0.25) is 0 Å². The molecule has 0 aromatic carbocycles. The van der Waals surface area contributed by atoms with E-state index < -0.39 is 28.7 Å². The van der Waals surface area contributed by atoms with Crippen molar-refractivity contribution in [1.29, 1.82) is 0 Å². The molecule has 108 valence electrons. The fraction of sp³-hybridized carbons (Fsp3) is 0.833. The maximum Gasteiger partial charge on any atom is 0.410 e. The number of carboxylic acid groups (broad SMARTS) is 1. The topological polar surface area (TPSA) is 78.9 Å². The Morgan fingerprint density at radius 1 is 1.32 bits per heavy atom. The van der Waals surface area contributed by atoms with Crippen molar-refractivity contribution < 1.29 is 23.8 Å². The van der Waals surface area contributed by atoms with Gasteiger partial charge in [-0.15, -0.1) is 0 Å². The molecular weight excluding hydrogens is 255 g/mol. The highest BCUT2D eigenvalue weighted by Crippen LogP contribution is 2.46. The molecule has 2 aliphatic rings. The first kappa shape index (κ1) is 14.0. The van der Waals surface area contributed by atoms with E-state index >= 15 is 0 Å². The van der Waals surface area contributed by atoms with Crippen LogP contribution in [0.3, 0.4) is 0 Å². The van der Waals surface area contributed by atoms with Crippen LogP contribution in [0.5, 0.6) is 0 Å². The lowest BCUT2D eigenvalue weighted by Crippen LogP contribution is -2.69. The van der Waals surface area contributed by atoms with Gasteiger partial charge in [0.25, 0.3) is 0 Å². The number of ether oxygens (including phenoxy) is 1. The highest BCUT2D eigenvalue weighted by Gasteiger charge is 2.67. The summed E-state index contributed by atoms with van der Waals surface area (Å²) in [6.07, 6.45) is -0.530. The van der Waals surface area contributed by atoms with Crippen LogP contribution in [0.4, 0.5) is 9.18 Å². The van der Waals surface area contributed by atoms with E-state index in [2.05, 4.69) is 5.32 Å². The summed E-state index contributed by atoms with van der Waals surface area (Å²) < 4.78 is 19.6. The van der Waals surface area contributed by atoms with E-state index in [1.807, 2.05) is 0 Å². The SMILES string of the molecule is CC(C)(C)OC(=O)N1CC2(CNC[C@]2(F)C(=O)O)C1. The Kier molecular flexibility index (Phi) is 3.00. The number of hydrogen-bond acceptors (Lipinski definition) is 4. The van der Waals surface area contributed by atoms with Gasteiger partial charge in [-0.25, -0.2) is 14.0 Å². The van der Waals surface area contributed by atoms with Crippen LogP contribution >= 0.6 is 0 Å². The maximum absolute atomic E-state index is 14.5. The number of nitrogens with zero attached hydrogens (tertiary/aromatic N) is 1. The van der Waals surface area contributed by atoms with Crippen molar-refractivity contribution >= 4 is 12.1 Å². The molecule has 0 unspecified atom stereocenters. The Labute approximate surface area is 110 Å². The number of hydrogen-bond donors (Lipinski definition) is 2. The summed E-state index contributed by atoms with van der Waals surface area (Å²) in [4.78, 5) is 24.2. The van der Waals surface area contributed by atoms with Gasteiger partial charge in [0.2, 0.25) is 5.67 Å². The van der Waals surface area contributed by atoms with Gasteiger partial charge in [0.15, 0.2) is 0 Å². The fourth-order valence-corrected chi connectivity index (χ4v) is 2.61. The molecule has 0 radical (unpaired) electrons. The summed E-state index contributed by atoms with van der Waals surface area (Å²) >= 11 is 0. The summed E-state index contributed by atoms with van der Waals surface area (Å²) in [6.45, 7) is 5.41. The number of alkyl halides is 1. The standard InChI is InChI=1S/C12H19FN2O4/c1-10(2,3)19-9(18)15-6-11(7-15)4-14-5-12(11,13)8(16)17/h14H,4-7H2,1-3H3,(H,16,17)/t12-/m0/s1. The average molecular weight is 274 g/mol. The zero-order chi connectivity index (χ0) is 14.5. The number of nitrogens with one attached hydrogen (secondary N) is 1. The maximum atomic E-state index is 14.5. The van der Waals surface area contributed by atoms with Crippen molar-refractivity contribution in [1.82, 2.24) is 10.2 Å². The predicted molar refractivity (Wildman–Crippen MR) is 64.6 cm³/mol. The number of carbonyl (C=O) groups is 2. The quantitative estimate of drug-likeness (QED) is 0.733. The van der Waals surface area contributed by atoms with E-state index in [0.29, 0.717) is 0 Å². The van der Waals surface area contributed by atoms with Gasteiger partial charge in [0.05, 0.1) is 5.41 Å². The zero-order valence-electron chi connectivity index (χ0n) is 11.3. The summed E-state index contributed by atoms with van der Waals surface area (Å²) in [5.41, 5.74) is -3.96. The first-order chi connectivity index (χ1) is 8.60. The monoisotopic (exact) mass is 274 g/mol. The largest absolute Gasteiger partial charge is 0.479 e. The smallest absolute Gasteiger partial charge is 0.410 e. The molecule has 0 saturated carbocycles. The van der Waals surface area contributed by atoms with Crippen molar-refractivity contribution in [3.05, 3.63) is 0 Å². The summed E-state index contributed by atoms with van der Waals surface area (Å²) in [6, 6.07) is 0. The molecular formula is C12H19FN2O4. The van der Waals surface area contributed by atoms with Crippen LogP contribution in [-0.2, 0) is 9.53 Å². The third kappa shape index (κ3) is 2.16. The molecule has 0 aromatic rings. The molecule has 2 fully saturated rings. The number of likely N-dealkylation sites (tertiary alicyclic amines) is 1. The van der Waals surface area contributed by atoms with Gasteiger partial charge < -0.3 is 20.1 Å². The third-order valence-electron chi connectivity index (χ3n) is 3.65. The number of carboxylic acids is 1. The van der Waals surface area contributed by atoms with E-state index in [9.17, 15) is 14.0 Å². The first-order valence-corrected chi connectivity index (χ1v) is 6.21. The predicted octanol–water partition coefficient (Wildman–Crippen LogP) is 0.620. The summed E-state index contributed by atoms with van der Waals surface area (Å²) in [5.74, 6) is -1.47. The molecule has 2 N–H and O–H groups in total. The minimum Gasteiger partial charge on any atom is -0.479 e. The van der Waals surface area contributed by atoms with Crippen molar-refractivity contribution in [2.75, 3.05) is 26.2 Å². The van der Waals surface area contributed by atoms with E-state index in [1.54, 1.807) is 20.8 Å². The van der Waals surface area contributed by atoms with Crippen molar-refractivity contribution in [3.63, 3.8) is 0 Å². The van der Waals surface area contributed by atoms with Crippen molar-refractivity contribution in [2.24, 2.45) is 5.41 Å². The van der Waals surface area contributed by atoms with Crippen LogP contribution in [0.25, 0.3) is 0 Å². The van der Waals surface area contributed by atoms with E-state index in [-0.39, 0.29) is 26.2 Å². The summed E-state index contributed by atoms with van der Waals surface area (Å²) in [7, 11) is 0. The number of carbonyl (C=O) groups excluding carboxylic acids is 1. The molecule has 0 bridgehead atoms. The summed E-state index contributed by atoms with van der Waals surface area (Å²) in [5, 5.41) is 11.8. The highest BCUT2D eigenvalue weighted by atomic mass is 19.1. The Bertz CT molecular complexity index is 414. The van der Waals surface area contributed by atoms with E-state index in [1.165, 1.54) is 4.90 Å². The number of halogens is 1. The minimum atomic E-state index is -2.31. The molecule has 2 rings (SSSR count). The molecule has 1 amide bonds. The molecule has 0 aliphatic carbocycles. The molecule has 2 saturated heterocycles. The Morgan fingerprint density at radius 3 is 2.37 bits per heavy atom. The lowest BCUT2D eigenvalue weighted by atomic mass is 9.69. The van der Waals surface area contributed by atoms with Crippen LogP contribution in [-0.4, -0.2) is 59.5 Å². The van der Waals surface area contributed by atoms with Crippen molar-refractivity contribution in [3.8, 4) is 0 Å². The van der Waals surface area contributed by atoms with Crippen LogP contribution in [0.15, 0.2) is 0 Å². The molecule has 19 heavy (non-hydrogen) atoms. The van der Waals surface area contributed by atoms with Crippen LogP contribution < -0.4 is 5.32 Å². The third-order valence-corrected chi connectivity index (χ3v) is 3.65. The molecule has 7 heteroatoms. The Morgan fingerprint density at radius 2 is 1.89 bits per heavy atom.